The van der Waals surface area contributed by atoms with E-state index >= 15 is 0 Å². The molecule has 4 heteroatoms. The van der Waals surface area contributed by atoms with Crippen LogP contribution in [-0.2, 0) is 11.3 Å². The van der Waals surface area contributed by atoms with Crippen molar-refractivity contribution in [1.29, 1.82) is 0 Å². The molecule has 0 saturated heterocycles. The Morgan fingerprint density at radius 1 is 1.83 bits per heavy atom. The highest BCUT2D eigenvalue weighted by Gasteiger charge is 2.07. The highest BCUT2D eigenvalue weighted by atomic mass is 16.3. The van der Waals surface area contributed by atoms with Gasteiger partial charge in [-0.3, -0.25) is 4.79 Å². The van der Waals surface area contributed by atoms with E-state index in [0.717, 1.165) is 0 Å². The number of rotatable bonds is 3. The molecule has 0 spiro atoms. The molecule has 0 aliphatic rings. The third-order valence-corrected chi connectivity index (χ3v) is 1.40. The number of amides is 1. The molecular formula is C8H11NO3. The Morgan fingerprint density at radius 2 is 2.58 bits per heavy atom. The first-order valence-corrected chi connectivity index (χ1v) is 3.68. The molecule has 1 atom stereocenters. The smallest absolute Gasteiger partial charge is 0.248 e. The minimum Gasteiger partial charge on any atom is -0.467 e. The molecule has 1 aromatic heterocycles. The first-order chi connectivity index (χ1) is 5.70. The molecule has 1 unspecified atom stereocenters. The van der Waals surface area contributed by atoms with Gasteiger partial charge in [0.15, 0.2) is 0 Å². The number of carbonyl (C=O) groups is 1. The molecule has 0 aliphatic heterocycles. The average molecular weight is 169 g/mol. The second kappa shape index (κ2) is 3.92. The highest BCUT2D eigenvalue weighted by molar-refractivity contribution is 5.79. The minimum atomic E-state index is -0.972. The summed E-state index contributed by atoms with van der Waals surface area (Å²) in [4.78, 5) is 10.8. The number of hydrogen-bond acceptors (Lipinski definition) is 3. The lowest BCUT2D eigenvalue weighted by molar-refractivity contribution is -0.128. The zero-order valence-corrected chi connectivity index (χ0v) is 6.78. The molecule has 12 heavy (non-hydrogen) atoms. The molecule has 2 N–H and O–H groups in total. The highest BCUT2D eigenvalue weighted by Crippen LogP contribution is 1.98. The van der Waals surface area contributed by atoms with Crippen LogP contribution < -0.4 is 5.32 Å². The Kier molecular flexibility index (Phi) is 2.88. The van der Waals surface area contributed by atoms with Gasteiger partial charge in [-0.15, -0.1) is 0 Å². The summed E-state index contributed by atoms with van der Waals surface area (Å²) in [5.41, 5.74) is 0. The largest absolute Gasteiger partial charge is 0.467 e. The molecule has 1 rings (SSSR count). The maximum atomic E-state index is 10.8. The number of furan rings is 1. The second-order valence-corrected chi connectivity index (χ2v) is 2.47. The van der Waals surface area contributed by atoms with Gasteiger partial charge >= 0.3 is 0 Å². The third-order valence-electron chi connectivity index (χ3n) is 1.40. The first-order valence-electron chi connectivity index (χ1n) is 3.68. The van der Waals surface area contributed by atoms with Crippen LogP contribution in [0.1, 0.15) is 12.7 Å². The van der Waals surface area contributed by atoms with E-state index in [9.17, 15) is 4.79 Å². The lowest BCUT2D eigenvalue weighted by Gasteiger charge is -2.04. The standard InChI is InChI=1S/C8H11NO3/c1-6(10)8(11)9-5-7-3-2-4-12-7/h2-4,6,10H,5H2,1H3,(H,9,11). The molecule has 0 aliphatic carbocycles. The molecular weight excluding hydrogens is 158 g/mol. The summed E-state index contributed by atoms with van der Waals surface area (Å²) in [6, 6.07) is 3.49. The summed E-state index contributed by atoms with van der Waals surface area (Å²) in [5, 5.41) is 11.3. The normalized spacial score (nSPS) is 12.5. The van der Waals surface area contributed by atoms with Gasteiger partial charge in [0, 0.05) is 0 Å². The van der Waals surface area contributed by atoms with Crippen molar-refractivity contribution in [3.8, 4) is 0 Å². The molecule has 1 aromatic rings. The van der Waals surface area contributed by atoms with Crippen LogP contribution in [0, 0.1) is 0 Å². The van der Waals surface area contributed by atoms with Crippen molar-refractivity contribution in [2.45, 2.75) is 19.6 Å². The Bertz CT molecular complexity index is 241. The van der Waals surface area contributed by atoms with Crippen molar-refractivity contribution >= 4 is 5.91 Å². The predicted octanol–water partition coefficient (Wildman–Crippen LogP) is 0.277. The van der Waals surface area contributed by atoms with Gasteiger partial charge in [-0.25, -0.2) is 0 Å². The van der Waals surface area contributed by atoms with E-state index in [2.05, 4.69) is 5.32 Å². The third kappa shape index (κ3) is 2.39. The van der Waals surface area contributed by atoms with E-state index in [0.29, 0.717) is 12.3 Å². The molecule has 1 amide bonds. The van der Waals surface area contributed by atoms with Gasteiger partial charge in [0.1, 0.15) is 11.9 Å². The van der Waals surface area contributed by atoms with Gasteiger partial charge in [-0.2, -0.15) is 0 Å². The van der Waals surface area contributed by atoms with Crippen molar-refractivity contribution in [3.63, 3.8) is 0 Å². The molecule has 0 radical (unpaired) electrons. The monoisotopic (exact) mass is 169 g/mol. The summed E-state index contributed by atoms with van der Waals surface area (Å²) in [5.74, 6) is 0.274. The number of carbonyl (C=O) groups excluding carboxylic acids is 1. The molecule has 0 saturated carbocycles. The van der Waals surface area contributed by atoms with E-state index in [1.54, 1.807) is 12.1 Å². The van der Waals surface area contributed by atoms with Gasteiger partial charge in [-0.1, -0.05) is 0 Å². The summed E-state index contributed by atoms with van der Waals surface area (Å²) >= 11 is 0. The Morgan fingerprint density at radius 3 is 3.08 bits per heavy atom. The number of hydrogen-bond donors (Lipinski definition) is 2. The van der Waals surface area contributed by atoms with Crippen LogP contribution in [0.2, 0.25) is 0 Å². The van der Waals surface area contributed by atoms with Gasteiger partial charge in [0.25, 0.3) is 0 Å². The van der Waals surface area contributed by atoms with Crippen molar-refractivity contribution in [3.05, 3.63) is 24.2 Å². The number of aliphatic hydroxyl groups is 1. The summed E-state index contributed by atoms with van der Waals surface area (Å²) in [6.07, 6.45) is 0.559. The topological polar surface area (TPSA) is 62.5 Å². The fraction of sp³-hybridized carbons (Fsp3) is 0.375. The van der Waals surface area contributed by atoms with Crippen LogP contribution >= 0.6 is 0 Å². The molecule has 0 bridgehead atoms. The first kappa shape index (κ1) is 8.80. The molecule has 4 nitrogen and oxygen atoms in total. The van der Waals surface area contributed by atoms with Crippen molar-refractivity contribution in [1.82, 2.24) is 5.32 Å². The van der Waals surface area contributed by atoms with Crippen LogP contribution in [-0.4, -0.2) is 17.1 Å². The predicted molar refractivity (Wildman–Crippen MR) is 42.2 cm³/mol. The molecule has 66 valence electrons. The van der Waals surface area contributed by atoms with Crippen LogP contribution in [0.4, 0.5) is 0 Å². The lowest BCUT2D eigenvalue weighted by atomic mass is 10.3. The molecule has 0 fully saturated rings. The summed E-state index contributed by atoms with van der Waals surface area (Å²) in [7, 11) is 0. The fourth-order valence-electron chi connectivity index (χ4n) is 0.735. The van der Waals surface area contributed by atoms with E-state index in [1.807, 2.05) is 0 Å². The van der Waals surface area contributed by atoms with Crippen LogP contribution in [0.3, 0.4) is 0 Å². The molecule has 0 aromatic carbocycles. The van der Waals surface area contributed by atoms with Gasteiger partial charge in [-0.05, 0) is 19.1 Å². The van der Waals surface area contributed by atoms with E-state index < -0.39 is 12.0 Å². The number of nitrogens with one attached hydrogen (secondary N) is 1. The zero-order valence-electron chi connectivity index (χ0n) is 6.78. The van der Waals surface area contributed by atoms with Gasteiger partial charge < -0.3 is 14.8 Å². The summed E-state index contributed by atoms with van der Waals surface area (Å²) < 4.78 is 4.97. The Labute approximate surface area is 70.2 Å². The van der Waals surface area contributed by atoms with Crippen LogP contribution in [0.5, 0.6) is 0 Å². The van der Waals surface area contributed by atoms with Crippen LogP contribution in [0.15, 0.2) is 22.8 Å². The lowest BCUT2D eigenvalue weighted by Crippen LogP contribution is -2.31. The Hall–Kier alpha value is -1.29. The van der Waals surface area contributed by atoms with Crippen molar-refractivity contribution in [2.75, 3.05) is 0 Å². The Balaban J connectivity index is 2.32. The zero-order chi connectivity index (χ0) is 8.97. The second-order valence-electron chi connectivity index (χ2n) is 2.47. The average Bonchev–Trinajstić information content (AvgIpc) is 2.51. The van der Waals surface area contributed by atoms with Crippen molar-refractivity contribution in [2.24, 2.45) is 0 Å². The molecule has 1 heterocycles. The summed E-state index contributed by atoms with van der Waals surface area (Å²) in [6.45, 7) is 1.73. The van der Waals surface area contributed by atoms with Gasteiger partial charge in [0.05, 0.1) is 12.8 Å². The van der Waals surface area contributed by atoms with E-state index in [-0.39, 0.29) is 0 Å². The van der Waals surface area contributed by atoms with E-state index in [4.69, 9.17) is 9.52 Å². The number of aliphatic hydroxyl groups excluding tert-OH is 1. The maximum Gasteiger partial charge on any atom is 0.248 e. The van der Waals surface area contributed by atoms with Gasteiger partial charge in [0.2, 0.25) is 5.91 Å². The maximum absolute atomic E-state index is 10.8. The van der Waals surface area contributed by atoms with Crippen molar-refractivity contribution < 1.29 is 14.3 Å². The fourth-order valence-corrected chi connectivity index (χ4v) is 0.735. The quantitative estimate of drug-likeness (QED) is 0.683. The SMILES string of the molecule is CC(O)C(=O)NCc1ccco1. The van der Waals surface area contributed by atoms with Crippen LogP contribution in [0.25, 0.3) is 0 Å². The minimum absolute atomic E-state index is 0.316. The van der Waals surface area contributed by atoms with E-state index in [1.165, 1.54) is 13.2 Å².